The van der Waals surface area contributed by atoms with E-state index in [1.54, 1.807) is 26.0 Å². The van der Waals surface area contributed by atoms with Gasteiger partial charge in [-0.15, -0.1) is 0 Å². The fraction of sp³-hybridized carbons (Fsp3) is 0.353. The lowest BCUT2D eigenvalue weighted by molar-refractivity contribution is -0.148. The molecule has 1 aliphatic rings. The van der Waals surface area contributed by atoms with E-state index in [2.05, 4.69) is 0 Å². The lowest BCUT2D eigenvalue weighted by Gasteiger charge is -2.40. The average Bonchev–Trinajstić information content (AvgIpc) is 2.47. The molecule has 2 rings (SSSR count). The van der Waals surface area contributed by atoms with Crippen molar-refractivity contribution in [1.29, 1.82) is 0 Å². The highest BCUT2D eigenvalue weighted by Crippen LogP contribution is 2.31. The molecule has 1 aromatic carbocycles. The van der Waals surface area contributed by atoms with E-state index in [1.807, 2.05) is 0 Å². The fourth-order valence-electron chi connectivity index (χ4n) is 2.77. The monoisotopic (exact) mass is 332 g/mol. The molecule has 0 spiro atoms. The summed E-state index contributed by atoms with van der Waals surface area (Å²) in [5.41, 5.74) is 0.725. The van der Waals surface area contributed by atoms with E-state index >= 15 is 0 Å². The smallest absolute Gasteiger partial charge is 0.323 e. The van der Waals surface area contributed by atoms with Gasteiger partial charge in [-0.1, -0.05) is 26.0 Å². The van der Waals surface area contributed by atoms with E-state index in [1.165, 1.54) is 30.2 Å². The predicted octanol–water partition coefficient (Wildman–Crippen LogP) is 1.49. The molecule has 0 saturated heterocycles. The third-order valence-corrected chi connectivity index (χ3v) is 3.80. The number of phenols is 1. The van der Waals surface area contributed by atoms with Crippen molar-refractivity contribution in [1.82, 2.24) is 9.80 Å². The third kappa shape index (κ3) is 3.40. The van der Waals surface area contributed by atoms with Crippen LogP contribution in [0.5, 0.6) is 5.75 Å². The number of hydrogen-bond donors (Lipinski definition) is 2. The van der Waals surface area contributed by atoms with E-state index in [9.17, 15) is 19.5 Å². The summed E-state index contributed by atoms with van der Waals surface area (Å²) < 4.78 is 0. The molecule has 7 nitrogen and oxygen atoms in total. The standard InChI is InChI=1S/C17H20N2O5/c1-10(2)16-17(24)19(9-15(22)23)14(8-18(16)11(3)20)12-5-4-6-13(21)7-12/h4-8,10,16,21H,9H2,1-3H3,(H,22,23). The Bertz CT molecular complexity index is 711. The normalized spacial score (nSPS) is 17.9. The Labute approximate surface area is 139 Å². The zero-order valence-corrected chi connectivity index (χ0v) is 13.8. The van der Waals surface area contributed by atoms with Crippen LogP contribution in [0.25, 0.3) is 5.70 Å². The molecular weight excluding hydrogens is 312 g/mol. The van der Waals surface area contributed by atoms with Crippen LogP contribution in [0.2, 0.25) is 0 Å². The summed E-state index contributed by atoms with van der Waals surface area (Å²) in [6.07, 6.45) is 1.48. The largest absolute Gasteiger partial charge is 0.508 e. The molecule has 1 heterocycles. The van der Waals surface area contributed by atoms with Crippen LogP contribution in [0.15, 0.2) is 30.5 Å². The first-order valence-electron chi connectivity index (χ1n) is 7.55. The van der Waals surface area contributed by atoms with Crippen LogP contribution in [0.3, 0.4) is 0 Å². The summed E-state index contributed by atoms with van der Waals surface area (Å²) >= 11 is 0. The number of phenolic OH excluding ortho intramolecular Hbond substituents is 1. The second-order valence-corrected chi connectivity index (χ2v) is 6.00. The molecule has 1 aromatic rings. The molecular formula is C17H20N2O5. The van der Waals surface area contributed by atoms with E-state index in [0.717, 1.165) is 4.90 Å². The van der Waals surface area contributed by atoms with E-state index in [0.29, 0.717) is 5.56 Å². The third-order valence-electron chi connectivity index (χ3n) is 3.80. The Morgan fingerprint density at radius 2 is 1.96 bits per heavy atom. The number of carbonyl (C=O) groups is 3. The van der Waals surface area contributed by atoms with Gasteiger partial charge in [-0.05, 0) is 18.1 Å². The van der Waals surface area contributed by atoms with Crippen molar-refractivity contribution in [2.75, 3.05) is 6.54 Å². The van der Waals surface area contributed by atoms with Gasteiger partial charge in [0.25, 0.3) is 5.91 Å². The zero-order valence-electron chi connectivity index (χ0n) is 13.8. The number of carbonyl (C=O) groups excluding carboxylic acids is 2. The molecule has 0 aromatic heterocycles. The number of aliphatic carboxylic acids is 1. The van der Waals surface area contributed by atoms with Gasteiger partial charge in [0.15, 0.2) is 0 Å². The Kier molecular flexibility index (Phi) is 4.92. The van der Waals surface area contributed by atoms with Gasteiger partial charge in [0.2, 0.25) is 5.91 Å². The summed E-state index contributed by atoms with van der Waals surface area (Å²) in [5.74, 6) is -2.12. The van der Waals surface area contributed by atoms with Crippen LogP contribution < -0.4 is 0 Å². The van der Waals surface area contributed by atoms with E-state index in [-0.39, 0.29) is 23.3 Å². The topological polar surface area (TPSA) is 98.2 Å². The number of rotatable bonds is 4. The average molecular weight is 332 g/mol. The summed E-state index contributed by atoms with van der Waals surface area (Å²) in [4.78, 5) is 38.5. The molecule has 1 atom stereocenters. The Morgan fingerprint density at radius 3 is 2.46 bits per heavy atom. The fourth-order valence-corrected chi connectivity index (χ4v) is 2.77. The van der Waals surface area contributed by atoms with Gasteiger partial charge in [-0.3, -0.25) is 19.3 Å². The first-order chi connectivity index (χ1) is 11.2. The number of carboxylic acids is 1. The van der Waals surface area contributed by atoms with Gasteiger partial charge < -0.3 is 15.1 Å². The molecule has 24 heavy (non-hydrogen) atoms. The number of aromatic hydroxyl groups is 1. The maximum absolute atomic E-state index is 12.9. The predicted molar refractivity (Wildman–Crippen MR) is 86.6 cm³/mol. The van der Waals surface area contributed by atoms with Crippen LogP contribution in [-0.2, 0) is 14.4 Å². The summed E-state index contributed by atoms with van der Waals surface area (Å²) in [6.45, 7) is 4.43. The second kappa shape index (κ2) is 6.74. The first-order valence-corrected chi connectivity index (χ1v) is 7.55. The Balaban J connectivity index is 2.61. The second-order valence-electron chi connectivity index (χ2n) is 6.00. The molecule has 2 amide bonds. The highest BCUT2D eigenvalue weighted by atomic mass is 16.4. The molecule has 7 heteroatoms. The van der Waals surface area contributed by atoms with Crippen LogP contribution in [0.4, 0.5) is 0 Å². The summed E-state index contributed by atoms with van der Waals surface area (Å²) in [6, 6.07) is 5.35. The van der Waals surface area contributed by atoms with Gasteiger partial charge in [0.05, 0.1) is 5.70 Å². The molecule has 1 unspecified atom stereocenters. The van der Waals surface area contributed by atoms with Gasteiger partial charge in [0, 0.05) is 18.7 Å². The van der Waals surface area contributed by atoms with Gasteiger partial charge in [0.1, 0.15) is 18.3 Å². The van der Waals surface area contributed by atoms with Crippen molar-refractivity contribution in [2.24, 2.45) is 5.92 Å². The SMILES string of the molecule is CC(=O)N1C=C(c2cccc(O)c2)N(CC(=O)O)C(=O)C1C(C)C. The molecule has 0 fully saturated rings. The Hall–Kier alpha value is -2.83. The number of amides is 2. The number of nitrogens with zero attached hydrogens (tertiary/aromatic N) is 2. The van der Waals surface area contributed by atoms with Gasteiger partial charge in [-0.2, -0.15) is 0 Å². The maximum atomic E-state index is 12.9. The van der Waals surface area contributed by atoms with Crippen molar-refractivity contribution in [3.05, 3.63) is 36.0 Å². The molecule has 0 radical (unpaired) electrons. The maximum Gasteiger partial charge on any atom is 0.323 e. The minimum absolute atomic E-state index is 0.0171. The van der Waals surface area contributed by atoms with E-state index < -0.39 is 24.5 Å². The van der Waals surface area contributed by atoms with Crippen molar-refractivity contribution >= 4 is 23.5 Å². The lowest BCUT2D eigenvalue weighted by atomic mass is 9.97. The number of carboxylic acid groups (broad SMARTS) is 1. The van der Waals surface area contributed by atoms with Crippen LogP contribution in [0, 0.1) is 5.92 Å². The minimum Gasteiger partial charge on any atom is -0.508 e. The molecule has 128 valence electrons. The lowest BCUT2D eigenvalue weighted by Crippen LogP contribution is -2.55. The molecule has 2 N–H and O–H groups in total. The van der Waals surface area contributed by atoms with Crippen LogP contribution in [-0.4, -0.2) is 50.4 Å². The molecule has 1 aliphatic heterocycles. The van der Waals surface area contributed by atoms with Gasteiger partial charge in [-0.25, -0.2) is 0 Å². The first kappa shape index (κ1) is 17.5. The molecule has 0 saturated carbocycles. The van der Waals surface area contributed by atoms with Crippen molar-refractivity contribution < 1.29 is 24.6 Å². The molecule has 0 aliphatic carbocycles. The number of hydrogen-bond acceptors (Lipinski definition) is 4. The van der Waals surface area contributed by atoms with Crippen molar-refractivity contribution in [3.8, 4) is 5.75 Å². The van der Waals surface area contributed by atoms with Crippen molar-refractivity contribution in [3.63, 3.8) is 0 Å². The van der Waals surface area contributed by atoms with Crippen LogP contribution >= 0.6 is 0 Å². The quantitative estimate of drug-likeness (QED) is 0.870. The summed E-state index contributed by atoms with van der Waals surface area (Å²) in [5, 5.41) is 18.8. The van der Waals surface area contributed by atoms with Crippen molar-refractivity contribution in [2.45, 2.75) is 26.8 Å². The van der Waals surface area contributed by atoms with Gasteiger partial charge >= 0.3 is 5.97 Å². The Morgan fingerprint density at radius 1 is 1.29 bits per heavy atom. The highest BCUT2D eigenvalue weighted by molar-refractivity contribution is 5.98. The number of benzene rings is 1. The highest BCUT2D eigenvalue weighted by Gasteiger charge is 2.40. The minimum atomic E-state index is -1.16. The van der Waals surface area contributed by atoms with Crippen LogP contribution in [0.1, 0.15) is 26.3 Å². The van der Waals surface area contributed by atoms with E-state index in [4.69, 9.17) is 5.11 Å². The molecule has 0 bridgehead atoms. The zero-order chi connectivity index (χ0) is 18.0. The summed E-state index contributed by atoms with van der Waals surface area (Å²) in [7, 11) is 0.